The first-order valence-corrected chi connectivity index (χ1v) is 7.20. The number of benzene rings is 1. The molecule has 0 amide bonds. The van der Waals surface area contributed by atoms with Crippen molar-refractivity contribution in [3.63, 3.8) is 0 Å². The van der Waals surface area contributed by atoms with Crippen molar-refractivity contribution in [2.45, 2.75) is 19.4 Å². The summed E-state index contributed by atoms with van der Waals surface area (Å²) in [4.78, 5) is 4.30. The van der Waals surface area contributed by atoms with Gasteiger partial charge in [0, 0.05) is 54.0 Å². The molecule has 0 bridgehead atoms. The topological polar surface area (TPSA) is 26.7 Å². The van der Waals surface area contributed by atoms with E-state index in [2.05, 4.69) is 29.2 Å². The fraction of sp³-hybridized carbons (Fsp3) is 0.625. The van der Waals surface area contributed by atoms with E-state index in [0.29, 0.717) is 0 Å². The SMILES string of the molecule is [2H]C([2H])(N1CCN(Cc2ccccc2)CC1)C1(CO)CC1. The van der Waals surface area contributed by atoms with Crippen LogP contribution in [0.25, 0.3) is 0 Å². The number of piperazine rings is 1. The third-order valence-corrected chi connectivity index (χ3v) is 4.17. The predicted molar refractivity (Wildman–Crippen MR) is 76.9 cm³/mol. The van der Waals surface area contributed by atoms with Crippen molar-refractivity contribution in [3.8, 4) is 0 Å². The number of hydrogen-bond acceptors (Lipinski definition) is 3. The molecular weight excluding hydrogens is 236 g/mol. The molecule has 0 atom stereocenters. The second kappa shape index (κ2) is 5.61. The van der Waals surface area contributed by atoms with Crippen molar-refractivity contribution in [1.82, 2.24) is 9.80 Å². The molecule has 0 unspecified atom stereocenters. The Kier molecular flexibility index (Phi) is 3.20. The van der Waals surface area contributed by atoms with Gasteiger partial charge in [-0.05, 0) is 18.4 Å². The zero-order valence-corrected chi connectivity index (χ0v) is 11.4. The standard InChI is InChI=1S/C16H24N2O/c19-14-16(6-7-16)13-18-10-8-17(9-11-18)12-15-4-2-1-3-5-15/h1-5,19H,6-14H2/i13D2. The van der Waals surface area contributed by atoms with Gasteiger partial charge in [-0.15, -0.1) is 0 Å². The summed E-state index contributed by atoms with van der Waals surface area (Å²) in [5.74, 6) is 0. The lowest BCUT2D eigenvalue weighted by Crippen LogP contribution is -2.48. The lowest BCUT2D eigenvalue weighted by molar-refractivity contribution is 0.0894. The van der Waals surface area contributed by atoms with Crippen molar-refractivity contribution in [1.29, 1.82) is 0 Å². The first-order chi connectivity index (χ1) is 10.1. The minimum Gasteiger partial charge on any atom is -0.396 e. The molecule has 19 heavy (non-hydrogen) atoms. The van der Waals surface area contributed by atoms with E-state index < -0.39 is 11.9 Å². The first-order valence-electron chi connectivity index (χ1n) is 8.20. The molecule has 3 heteroatoms. The van der Waals surface area contributed by atoms with Crippen molar-refractivity contribution in [2.75, 3.05) is 39.3 Å². The van der Waals surface area contributed by atoms with Gasteiger partial charge in [0.1, 0.15) is 0 Å². The van der Waals surface area contributed by atoms with Crippen LogP contribution in [-0.4, -0.2) is 54.2 Å². The molecule has 1 N–H and O–H groups in total. The molecule has 3 rings (SSSR count). The van der Waals surface area contributed by atoms with Crippen LogP contribution in [0.3, 0.4) is 0 Å². The lowest BCUT2D eigenvalue weighted by atomic mass is 10.1. The van der Waals surface area contributed by atoms with Crippen LogP contribution in [0.15, 0.2) is 30.3 Å². The highest BCUT2D eigenvalue weighted by molar-refractivity contribution is 5.14. The normalized spacial score (nSPS) is 25.7. The van der Waals surface area contributed by atoms with Crippen LogP contribution in [0.2, 0.25) is 0 Å². The fourth-order valence-corrected chi connectivity index (χ4v) is 2.65. The summed E-state index contributed by atoms with van der Waals surface area (Å²) in [7, 11) is 0. The maximum atomic E-state index is 9.49. The summed E-state index contributed by atoms with van der Waals surface area (Å²) in [5.41, 5.74) is 0.803. The van der Waals surface area contributed by atoms with E-state index in [4.69, 9.17) is 2.74 Å². The molecule has 1 aromatic carbocycles. The Hall–Kier alpha value is -0.900. The third kappa shape index (κ3) is 3.35. The average molecular weight is 262 g/mol. The van der Waals surface area contributed by atoms with Crippen LogP contribution in [0.1, 0.15) is 21.1 Å². The smallest absolute Gasteiger partial charge is 0.0499 e. The van der Waals surface area contributed by atoms with Gasteiger partial charge in [0.25, 0.3) is 0 Å². The zero-order chi connectivity index (χ0) is 14.9. The van der Waals surface area contributed by atoms with Gasteiger partial charge in [-0.3, -0.25) is 4.90 Å². The van der Waals surface area contributed by atoms with Gasteiger partial charge in [0.2, 0.25) is 0 Å². The summed E-state index contributed by atoms with van der Waals surface area (Å²) >= 11 is 0. The second-order valence-corrected chi connectivity index (χ2v) is 5.80. The van der Waals surface area contributed by atoms with Crippen LogP contribution in [-0.2, 0) is 6.54 Å². The highest BCUT2D eigenvalue weighted by atomic mass is 16.3. The van der Waals surface area contributed by atoms with E-state index in [9.17, 15) is 5.11 Å². The molecule has 3 nitrogen and oxygen atoms in total. The number of aliphatic hydroxyl groups excluding tert-OH is 1. The van der Waals surface area contributed by atoms with E-state index in [1.807, 2.05) is 11.0 Å². The Morgan fingerprint density at radius 2 is 1.68 bits per heavy atom. The Labute approximate surface area is 118 Å². The van der Waals surface area contributed by atoms with Gasteiger partial charge in [0.15, 0.2) is 0 Å². The Bertz CT molecular complexity index is 468. The molecule has 0 aromatic heterocycles. The minimum absolute atomic E-state index is 0.0375. The maximum Gasteiger partial charge on any atom is 0.0499 e. The monoisotopic (exact) mass is 262 g/mol. The summed E-state index contributed by atoms with van der Waals surface area (Å²) in [5, 5.41) is 9.49. The summed E-state index contributed by atoms with van der Waals surface area (Å²) in [6.45, 7) is 2.77. The van der Waals surface area contributed by atoms with E-state index in [1.54, 1.807) is 0 Å². The molecule has 1 saturated heterocycles. The zero-order valence-electron chi connectivity index (χ0n) is 13.4. The number of aliphatic hydroxyl groups is 1. The van der Waals surface area contributed by atoms with Gasteiger partial charge >= 0.3 is 0 Å². The maximum absolute atomic E-state index is 9.49. The fourth-order valence-electron chi connectivity index (χ4n) is 2.65. The molecule has 104 valence electrons. The first kappa shape index (κ1) is 10.8. The molecule has 2 fully saturated rings. The highest BCUT2D eigenvalue weighted by Crippen LogP contribution is 2.45. The Morgan fingerprint density at radius 3 is 2.26 bits per heavy atom. The van der Waals surface area contributed by atoms with Gasteiger partial charge < -0.3 is 10.0 Å². The minimum atomic E-state index is -1.37. The van der Waals surface area contributed by atoms with Crippen LogP contribution in [0.5, 0.6) is 0 Å². The van der Waals surface area contributed by atoms with Gasteiger partial charge in [-0.25, -0.2) is 0 Å². The van der Waals surface area contributed by atoms with Crippen molar-refractivity contribution in [2.24, 2.45) is 5.41 Å². The quantitative estimate of drug-likeness (QED) is 0.873. The number of hydrogen-bond donors (Lipinski definition) is 1. The molecule has 1 aliphatic carbocycles. The third-order valence-electron chi connectivity index (χ3n) is 4.17. The molecule has 1 heterocycles. The predicted octanol–water partition coefficient (Wildman–Crippen LogP) is 1.58. The Morgan fingerprint density at radius 1 is 1.05 bits per heavy atom. The van der Waals surface area contributed by atoms with Gasteiger partial charge in [0.05, 0.1) is 0 Å². The van der Waals surface area contributed by atoms with Crippen molar-refractivity contribution < 1.29 is 7.85 Å². The van der Waals surface area contributed by atoms with E-state index in [-0.39, 0.29) is 6.61 Å². The Balaban J connectivity index is 1.56. The van der Waals surface area contributed by atoms with Crippen LogP contribution in [0, 0.1) is 5.41 Å². The largest absolute Gasteiger partial charge is 0.396 e. The van der Waals surface area contributed by atoms with Crippen molar-refractivity contribution >= 4 is 0 Å². The summed E-state index contributed by atoms with van der Waals surface area (Å²) < 4.78 is 16.8. The molecule has 1 saturated carbocycles. The van der Waals surface area contributed by atoms with Gasteiger partial charge in [-0.2, -0.15) is 0 Å². The summed E-state index contributed by atoms with van der Waals surface area (Å²) in [6, 6.07) is 10.4. The molecule has 1 aromatic rings. The molecule has 2 aliphatic rings. The van der Waals surface area contributed by atoms with Gasteiger partial charge in [-0.1, -0.05) is 30.3 Å². The van der Waals surface area contributed by atoms with Crippen LogP contribution in [0.4, 0.5) is 0 Å². The molecule has 0 spiro atoms. The number of nitrogens with zero attached hydrogens (tertiary/aromatic N) is 2. The highest BCUT2D eigenvalue weighted by Gasteiger charge is 2.43. The summed E-state index contributed by atoms with van der Waals surface area (Å²) in [6.07, 6.45) is 1.61. The van der Waals surface area contributed by atoms with E-state index in [1.165, 1.54) is 5.56 Å². The van der Waals surface area contributed by atoms with E-state index >= 15 is 0 Å². The second-order valence-electron chi connectivity index (χ2n) is 5.80. The average Bonchev–Trinajstić information content (AvgIpc) is 3.30. The number of rotatable bonds is 5. The van der Waals surface area contributed by atoms with Crippen LogP contribution < -0.4 is 0 Å². The molecular formula is C16H24N2O. The lowest BCUT2D eigenvalue weighted by Gasteiger charge is -2.36. The molecule has 0 radical (unpaired) electrons. The molecule has 1 aliphatic heterocycles. The van der Waals surface area contributed by atoms with Crippen molar-refractivity contribution in [3.05, 3.63) is 35.9 Å². The van der Waals surface area contributed by atoms with Crippen LogP contribution >= 0.6 is 0 Å². The van der Waals surface area contributed by atoms with E-state index in [0.717, 1.165) is 45.6 Å².